The number of aromatic nitrogens is 4. The van der Waals surface area contributed by atoms with E-state index in [-0.39, 0.29) is 5.82 Å². The van der Waals surface area contributed by atoms with Gasteiger partial charge in [-0.3, -0.25) is 0 Å². The maximum absolute atomic E-state index is 13.7. The molecule has 2 aromatic heterocycles. The lowest BCUT2D eigenvalue weighted by atomic mass is 10.1. The van der Waals surface area contributed by atoms with Crippen molar-refractivity contribution in [2.24, 2.45) is 7.05 Å². The van der Waals surface area contributed by atoms with Crippen molar-refractivity contribution in [1.82, 2.24) is 19.3 Å². The molecule has 0 fully saturated rings. The van der Waals surface area contributed by atoms with Gasteiger partial charge in [0.25, 0.3) is 0 Å². The number of hydrogen-bond donors (Lipinski definition) is 1. The van der Waals surface area contributed by atoms with E-state index in [9.17, 15) is 9.60 Å². The Hall–Kier alpha value is -3.41. The van der Waals surface area contributed by atoms with Crippen molar-refractivity contribution in [3.63, 3.8) is 0 Å². The fourth-order valence-electron chi connectivity index (χ4n) is 2.82. The number of imidazole rings is 2. The Morgan fingerprint density at radius 1 is 0.960 bits per heavy atom. The highest BCUT2D eigenvalue weighted by molar-refractivity contribution is 5.79. The van der Waals surface area contributed by atoms with Crippen LogP contribution in [-0.4, -0.2) is 24.5 Å². The number of aryl methyl sites for hydroxylation is 1. The average Bonchev–Trinajstić information content (AvgIpc) is 3.18. The van der Waals surface area contributed by atoms with E-state index >= 15 is 0 Å². The summed E-state index contributed by atoms with van der Waals surface area (Å²) in [7, 11) is 1.83. The van der Waals surface area contributed by atoms with Crippen LogP contribution >= 0.6 is 0 Å². The third-order valence-electron chi connectivity index (χ3n) is 4.02. The maximum Gasteiger partial charge on any atom is 0.176 e. The lowest BCUT2D eigenvalue weighted by Crippen LogP contribution is -2.01. The lowest BCUT2D eigenvalue weighted by molar-refractivity contribution is 0.195. The summed E-state index contributed by atoms with van der Waals surface area (Å²) in [6, 6.07) is 15.5. The molecule has 4 rings (SSSR count). The summed E-state index contributed by atoms with van der Waals surface area (Å²) >= 11 is 0. The normalized spacial score (nSPS) is 11.0. The van der Waals surface area contributed by atoms with E-state index in [1.807, 2.05) is 37.4 Å². The molecule has 0 bridgehead atoms. The van der Waals surface area contributed by atoms with Crippen LogP contribution in [0, 0.1) is 5.82 Å². The van der Waals surface area contributed by atoms with Crippen molar-refractivity contribution in [2.75, 3.05) is 0 Å². The number of halogens is 1. The maximum atomic E-state index is 13.7. The van der Waals surface area contributed by atoms with E-state index in [0.717, 1.165) is 10.3 Å². The molecular formula is C19H15FN4O. The second-order valence-corrected chi connectivity index (χ2v) is 5.68. The smallest absolute Gasteiger partial charge is 0.176 e. The van der Waals surface area contributed by atoms with E-state index < -0.39 is 0 Å². The Morgan fingerprint density at radius 2 is 1.72 bits per heavy atom. The van der Waals surface area contributed by atoms with Crippen LogP contribution < -0.4 is 0 Å². The van der Waals surface area contributed by atoms with Gasteiger partial charge in [0.15, 0.2) is 17.3 Å². The molecule has 0 radical (unpaired) electrons. The quantitative estimate of drug-likeness (QED) is 0.576. The van der Waals surface area contributed by atoms with Gasteiger partial charge >= 0.3 is 0 Å². The highest BCUT2D eigenvalue weighted by Gasteiger charge is 2.23. The summed E-state index contributed by atoms with van der Waals surface area (Å²) in [6.07, 6.45) is 3.42. The summed E-state index contributed by atoms with van der Waals surface area (Å²) in [4.78, 5) is 8.89. The number of nitrogens with zero attached hydrogens (tertiary/aromatic N) is 4. The molecule has 0 aliphatic rings. The van der Waals surface area contributed by atoms with Gasteiger partial charge in [0.05, 0.1) is 0 Å². The molecule has 0 atom stereocenters. The average molecular weight is 334 g/mol. The number of rotatable bonds is 3. The Bertz CT molecular complexity index is 1040. The molecule has 1 N–H and O–H groups in total. The molecule has 0 saturated carbocycles. The largest absolute Gasteiger partial charge is 0.426 e. The summed E-state index contributed by atoms with van der Waals surface area (Å²) in [5, 5.41) is 10.8. The highest BCUT2D eigenvalue weighted by atomic mass is 19.1. The first-order chi connectivity index (χ1) is 12.1. The Labute approximate surface area is 143 Å². The minimum Gasteiger partial charge on any atom is -0.426 e. The van der Waals surface area contributed by atoms with Crippen LogP contribution in [-0.2, 0) is 7.05 Å². The first kappa shape index (κ1) is 15.1. The number of benzene rings is 2. The van der Waals surface area contributed by atoms with Crippen LogP contribution in [0.1, 0.15) is 0 Å². The fraction of sp³-hybridized carbons (Fsp3) is 0.0526. The van der Waals surface area contributed by atoms with E-state index in [1.165, 1.54) is 12.1 Å². The van der Waals surface area contributed by atoms with Gasteiger partial charge < -0.3 is 9.77 Å². The third kappa shape index (κ3) is 2.57. The van der Waals surface area contributed by atoms with E-state index in [1.54, 1.807) is 29.1 Å². The van der Waals surface area contributed by atoms with Gasteiger partial charge in [-0.25, -0.2) is 14.4 Å². The van der Waals surface area contributed by atoms with Crippen molar-refractivity contribution in [3.8, 4) is 34.2 Å². The van der Waals surface area contributed by atoms with Gasteiger partial charge in [-0.2, -0.15) is 4.73 Å². The van der Waals surface area contributed by atoms with Crippen LogP contribution in [0.25, 0.3) is 34.2 Å². The molecule has 124 valence electrons. The zero-order valence-electron chi connectivity index (χ0n) is 13.5. The first-order valence-corrected chi connectivity index (χ1v) is 7.76. The van der Waals surface area contributed by atoms with Crippen molar-refractivity contribution >= 4 is 0 Å². The minimum atomic E-state index is -0.364. The molecule has 5 nitrogen and oxygen atoms in total. The topological polar surface area (TPSA) is 55.9 Å². The van der Waals surface area contributed by atoms with E-state index in [0.29, 0.717) is 28.6 Å². The minimum absolute atomic E-state index is 0.364. The molecule has 2 heterocycles. The Kier molecular flexibility index (Phi) is 3.57. The first-order valence-electron chi connectivity index (χ1n) is 7.76. The second kappa shape index (κ2) is 5.90. The molecule has 0 saturated heterocycles. The molecule has 2 aromatic carbocycles. The van der Waals surface area contributed by atoms with Crippen LogP contribution in [0.4, 0.5) is 4.39 Å². The standard InChI is InChI=1S/C19H15FN4O/c1-23-11-10-21-19(23)17-16(14-8-5-9-15(20)12-14)22-18(24(17)25)13-6-3-2-4-7-13/h2-12,25H,1H3. The monoisotopic (exact) mass is 334 g/mol. The second-order valence-electron chi connectivity index (χ2n) is 5.68. The Morgan fingerprint density at radius 3 is 2.40 bits per heavy atom. The van der Waals surface area contributed by atoms with E-state index in [4.69, 9.17) is 0 Å². The fourth-order valence-corrected chi connectivity index (χ4v) is 2.82. The van der Waals surface area contributed by atoms with E-state index in [2.05, 4.69) is 9.97 Å². The van der Waals surface area contributed by atoms with Gasteiger partial charge in [-0.1, -0.05) is 42.5 Å². The summed E-state index contributed by atoms with van der Waals surface area (Å²) in [5.74, 6) is 0.548. The molecular weight excluding hydrogens is 319 g/mol. The third-order valence-corrected chi connectivity index (χ3v) is 4.02. The van der Waals surface area contributed by atoms with Crippen molar-refractivity contribution in [3.05, 3.63) is 72.8 Å². The zero-order valence-corrected chi connectivity index (χ0v) is 13.5. The van der Waals surface area contributed by atoms with Crippen molar-refractivity contribution < 1.29 is 9.60 Å². The zero-order chi connectivity index (χ0) is 17.4. The van der Waals surface area contributed by atoms with Gasteiger partial charge in [0.2, 0.25) is 0 Å². The summed E-state index contributed by atoms with van der Waals surface area (Å²) in [6.45, 7) is 0. The van der Waals surface area contributed by atoms with Crippen LogP contribution in [0.3, 0.4) is 0 Å². The lowest BCUT2D eigenvalue weighted by Gasteiger charge is -2.06. The SMILES string of the molecule is Cn1ccnc1-c1c(-c2cccc(F)c2)nc(-c2ccccc2)n1O. The molecule has 0 aliphatic heterocycles. The molecule has 0 amide bonds. The van der Waals surface area contributed by atoms with Gasteiger partial charge in [-0.15, -0.1) is 0 Å². The molecule has 4 aromatic rings. The van der Waals surface area contributed by atoms with Crippen LogP contribution in [0.5, 0.6) is 0 Å². The Balaban J connectivity index is 2.01. The predicted octanol–water partition coefficient (Wildman–Crippen LogP) is 3.99. The number of hydrogen-bond acceptors (Lipinski definition) is 3. The summed E-state index contributed by atoms with van der Waals surface area (Å²) < 4.78 is 16.5. The summed E-state index contributed by atoms with van der Waals surface area (Å²) in [5.41, 5.74) is 2.21. The predicted molar refractivity (Wildman–Crippen MR) is 92.4 cm³/mol. The van der Waals surface area contributed by atoms with Gasteiger partial charge in [-0.05, 0) is 12.1 Å². The molecule has 25 heavy (non-hydrogen) atoms. The van der Waals surface area contributed by atoms with Crippen LogP contribution in [0.2, 0.25) is 0 Å². The van der Waals surface area contributed by atoms with Crippen molar-refractivity contribution in [1.29, 1.82) is 0 Å². The van der Waals surface area contributed by atoms with Gasteiger partial charge in [0, 0.05) is 30.6 Å². The molecule has 0 unspecified atom stereocenters. The van der Waals surface area contributed by atoms with Crippen molar-refractivity contribution in [2.45, 2.75) is 0 Å². The molecule has 0 spiro atoms. The van der Waals surface area contributed by atoms with Crippen LogP contribution in [0.15, 0.2) is 67.0 Å². The highest BCUT2D eigenvalue weighted by Crippen LogP contribution is 2.34. The molecule has 6 heteroatoms. The van der Waals surface area contributed by atoms with Gasteiger partial charge in [0.1, 0.15) is 11.5 Å². The molecule has 0 aliphatic carbocycles.